The van der Waals surface area contributed by atoms with Gasteiger partial charge in [-0.05, 0) is 39.8 Å². The number of rotatable bonds is 2. The van der Waals surface area contributed by atoms with E-state index in [2.05, 4.69) is 11.1 Å². The molecular formula is C18H18BFN2O2. The van der Waals surface area contributed by atoms with Crippen molar-refractivity contribution in [3.63, 3.8) is 0 Å². The molecule has 0 spiro atoms. The van der Waals surface area contributed by atoms with E-state index in [0.717, 1.165) is 0 Å². The third kappa shape index (κ3) is 2.70. The van der Waals surface area contributed by atoms with Crippen LogP contribution in [0, 0.1) is 17.3 Å². The lowest BCUT2D eigenvalue weighted by atomic mass is 9.79. The van der Waals surface area contributed by atoms with Gasteiger partial charge in [-0.1, -0.05) is 24.3 Å². The van der Waals surface area contributed by atoms with Gasteiger partial charge in [0.15, 0.2) is 0 Å². The van der Waals surface area contributed by atoms with Gasteiger partial charge in [-0.3, -0.25) is 0 Å². The highest BCUT2D eigenvalue weighted by atomic mass is 19.1. The van der Waals surface area contributed by atoms with Crippen LogP contribution in [0.2, 0.25) is 0 Å². The van der Waals surface area contributed by atoms with Crippen molar-refractivity contribution in [2.75, 3.05) is 0 Å². The van der Waals surface area contributed by atoms with Gasteiger partial charge >= 0.3 is 7.12 Å². The fourth-order valence-corrected chi connectivity index (χ4v) is 2.54. The Bertz CT molecular complexity index is 814. The Morgan fingerprint density at radius 2 is 1.67 bits per heavy atom. The molecule has 0 N–H and O–H groups in total. The SMILES string of the molecule is CC1(C)OB(c2ccc(-c3ccccc3C#N)nc2F)OC1(C)C. The molecule has 24 heavy (non-hydrogen) atoms. The summed E-state index contributed by atoms with van der Waals surface area (Å²) >= 11 is 0. The second-order valence-corrected chi connectivity index (χ2v) is 6.82. The maximum Gasteiger partial charge on any atom is 0.499 e. The fourth-order valence-electron chi connectivity index (χ4n) is 2.54. The van der Waals surface area contributed by atoms with Crippen LogP contribution in [0.5, 0.6) is 0 Å². The van der Waals surface area contributed by atoms with E-state index < -0.39 is 24.3 Å². The Morgan fingerprint density at radius 3 is 2.25 bits per heavy atom. The molecule has 1 fully saturated rings. The van der Waals surface area contributed by atoms with Crippen molar-refractivity contribution in [1.82, 2.24) is 4.98 Å². The lowest BCUT2D eigenvalue weighted by Gasteiger charge is -2.32. The Labute approximate surface area is 141 Å². The minimum Gasteiger partial charge on any atom is -0.399 e. The number of nitriles is 1. The predicted molar refractivity (Wildman–Crippen MR) is 90.1 cm³/mol. The van der Waals surface area contributed by atoms with Gasteiger partial charge < -0.3 is 9.31 Å². The average molecular weight is 324 g/mol. The summed E-state index contributed by atoms with van der Waals surface area (Å²) in [7, 11) is -0.803. The van der Waals surface area contributed by atoms with Gasteiger partial charge in [-0.15, -0.1) is 0 Å². The second kappa shape index (κ2) is 5.69. The topological polar surface area (TPSA) is 55.1 Å². The number of nitrogens with zero attached hydrogens (tertiary/aromatic N) is 2. The predicted octanol–water partition coefficient (Wildman–Crippen LogP) is 3.06. The van der Waals surface area contributed by atoms with Crippen LogP contribution in [0.4, 0.5) is 4.39 Å². The molecule has 1 aromatic heterocycles. The summed E-state index contributed by atoms with van der Waals surface area (Å²) in [4.78, 5) is 4.01. The zero-order chi connectivity index (χ0) is 17.5. The molecule has 1 aromatic carbocycles. The fraction of sp³-hybridized carbons (Fsp3) is 0.333. The number of halogens is 1. The molecule has 0 radical (unpaired) electrons. The zero-order valence-electron chi connectivity index (χ0n) is 14.1. The smallest absolute Gasteiger partial charge is 0.399 e. The van der Waals surface area contributed by atoms with E-state index >= 15 is 0 Å². The minimum atomic E-state index is -0.803. The van der Waals surface area contributed by atoms with Crippen LogP contribution >= 0.6 is 0 Å². The lowest BCUT2D eigenvalue weighted by Crippen LogP contribution is -2.41. The number of hydrogen-bond donors (Lipinski definition) is 0. The van der Waals surface area contributed by atoms with Gasteiger partial charge in [0.05, 0.1) is 28.5 Å². The molecular weight excluding hydrogens is 306 g/mol. The van der Waals surface area contributed by atoms with Crippen molar-refractivity contribution >= 4 is 12.6 Å². The first kappa shape index (κ1) is 16.6. The molecule has 122 valence electrons. The molecule has 0 atom stereocenters. The van der Waals surface area contributed by atoms with Gasteiger partial charge in [0.1, 0.15) is 0 Å². The molecule has 0 unspecified atom stereocenters. The number of hydrogen-bond acceptors (Lipinski definition) is 4. The molecule has 0 aliphatic carbocycles. The molecule has 3 rings (SSSR count). The van der Waals surface area contributed by atoms with Gasteiger partial charge in [0.2, 0.25) is 5.95 Å². The molecule has 0 amide bonds. The van der Waals surface area contributed by atoms with Crippen LogP contribution in [-0.4, -0.2) is 23.3 Å². The van der Waals surface area contributed by atoms with Crippen LogP contribution < -0.4 is 5.46 Å². The molecule has 6 heteroatoms. The summed E-state index contributed by atoms with van der Waals surface area (Å²) in [5.41, 5.74) is 0.621. The normalized spacial score (nSPS) is 18.4. The van der Waals surface area contributed by atoms with Gasteiger partial charge in [0, 0.05) is 11.0 Å². The van der Waals surface area contributed by atoms with E-state index in [1.54, 1.807) is 36.4 Å². The van der Waals surface area contributed by atoms with E-state index in [4.69, 9.17) is 9.31 Å². The van der Waals surface area contributed by atoms with Crippen molar-refractivity contribution < 1.29 is 13.7 Å². The largest absolute Gasteiger partial charge is 0.499 e. The quantitative estimate of drug-likeness (QED) is 0.629. The van der Waals surface area contributed by atoms with Gasteiger partial charge in [-0.2, -0.15) is 9.65 Å². The number of pyridine rings is 1. The van der Waals surface area contributed by atoms with Crippen LogP contribution in [0.1, 0.15) is 33.3 Å². The van der Waals surface area contributed by atoms with Crippen LogP contribution in [0.15, 0.2) is 36.4 Å². The molecule has 2 heterocycles. The summed E-state index contributed by atoms with van der Waals surface area (Å²) in [6.45, 7) is 7.65. The Hall–Kier alpha value is -2.23. The molecule has 1 saturated heterocycles. The first-order chi connectivity index (χ1) is 11.2. The molecule has 0 bridgehead atoms. The summed E-state index contributed by atoms with van der Waals surface area (Å²) < 4.78 is 26.3. The molecule has 0 saturated carbocycles. The minimum absolute atomic E-state index is 0.256. The first-order valence-corrected chi connectivity index (χ1v) is 7.77. The van der Waals surface area contributed by atoms with Crippen LogP contribution in [0.25, 0.3) is 11.3 Å². The van der Waals surface area contributed by atoms with Crippen LogP contribution in [-0.2, 0) is 9.31 Å². The summed E-state index contributed by atoms with van der Waals surface area (Å²) in [6.07, 6.45) is 0. The molecule has 1 aliphatic heterocycles. The van der Waals surface area contributed by atoms with Crippen molar-refractivity contribution in [3.8, 4) is 17.3 Å². The number of aromatic nitrogens is 1. The lowest BCUT2D eigenvalue weighted by molar-refractivity contribution is 0.00578. The third-order valence-corrected chi connectivity index (χ3v) is 4.71. The third-order valence-electron chi connectivity index (χ3n) is 4.71. The highest BCUT2D eigenvalue weighted by Gasteiger charge is 2.52. The summed E-state index contributed by atoms with van der Waals surface area (Å²) in [5, 5.41) is 9.18. The molecule has 1 aliphatic rings. The van der Waals surface area contributed by atoms with Crippen molar-refractivity contribution in [1.29, 1.82) is 5.26 Å². The van der Waals surface area contributed by atoms with E-state index in [-0.39, 0.29) is 5.46 Å². The summed E-state index contributed by atoms with van der Waals surface area (Å²) in [5.74, 6) is -0.654. The standard InChI is InChI=1S/C18H18BFN2O2/c1-17(2)18(3,4)24-19(23-17)14-9-10-15(22-16(14)20)13-8-6-5-7-12(13)11-21/h5-10H,1-4H3. The van der Waals surface area contributed by atoms with Gasteiger partial charge in [-0.25, -0.2) is 4.98 Å². The maximum atomic E-state index is 14.6. The maximum absolute atomic E-state index is 14.6. The highest BCUT2D eigenvalue weighted by molar-refractivity contribution is 6.62. The Kier molecular flexibility index (Phi) is 3.94. The van der Waals surface area contributed by atoms with Crippen molar-refractivity contribution in [2.24, 2.45) is 0 Å². The highest BCUT2D eigenvalue weighted by Crippen LogP contribution is 2.36. The first-order valence-electron chi connectivity index (χ1n) is 7.77. The van der Waals surface area contributed by atoms with E-state index in [1.165, 1.54) is 0 Å². The Morgan fingerprint density at radius 1 is 1.04 bits per heavy atom. The van der Waals surface area contributed by atoms with E-state index in [0.29, 0.717) is 16.8 Å². The average Bonchev–Trinajstić information content (AvgIpc) is 2.75. The second-order valence-electron chi connectivity index (χ2n) is 6.82. The monoisotopic (exact) mass is 324 g/mol. The van der Waals surface area contributed by atoms with Crippen molar-refractivity contribution in [2.45, 2.75) is 38.9 Å². The number of benzene rings is 1. The Balaban J connectivity index is 1.96. The van der Waals surface area contributed by atoms with Gasteiger partial charge in [0.25, 0.3) is 0 Å². The van der Waals surface area contributed by atoms with Crippen LogP contribution in [0.3, 0.4) is 0 Å². The van der Waals surface area contributed by atoms with Crippen molar-refractivity contribution in [3.05, 3.63) is 47.9 Å². The van der Waals surface area contributed by atoms with E-state index in [1.807, 2.05) is 27.7 Å². The molecule has 2 aromatic rings. The van der Waals surface area contributed by atoms with E-state index in [9.17, 15) is 9.65 Å². The summed E-state index contributed by atoms with van der Waals surface area (Å²) in [6, 6.07) is 12.4. The zero-order valence-corrected chi connectivity index (χ0v) is 14.1. The molecule has 4 nitrogen and oxygen atoms in total.